The summed E-state index contributed by atoms with van der Waals surface area (Å²) in [5, 5.41) is 14.5. The number of carboxylic acids is 1. The summed E-state index contributed by atoms with van der Waals surface area (Å²) < 4.78 is 0. The predicted molar refractivity (Wildman–Crippen MR) is 77.5 cm³/mol. The Balaban J connectivity index is 2.34. The molecule has 2 unspecified atom stereocenters. The van der Waals surface area contributed by atoms with Crippen LogP contribution in [0.3, 0.4) is 0 Å². The molecule has 19 heavy (non-hydrogen) atoms. The number of rotatable bonds is 9. The maximum Gasteiger partial charge on any atom is 0.326 e. The first kappa shape index (κ1) is 16.1. The van der Waals surface area contributed by atoms with Crippen molar-refractivity contribution in [2.75, 3.05) is 12.0 Å². The van der Waals surface area contributed by atoms with Crippen LogP contribution >= 0.6 is 11.8 Å². The van der Waals surface area contributed by atoms with E-state index >= 15 is 0 Å². The van der Waals surface area contributed by atoms with E-state index in [2.05, 4.69) is 10.6 Å². The van der Waals surface area contributed by atoms with Gasteiger partial charge in [-0.15, -0.1) is 0 Å². The zero-order valence-corrected chi connectivity index (χ0v) is 12.5. The van der Waals surface area contributed by atoms with Gasteiger partial charge in [-0.05, 0) is 37.2 Å². The molecule has 0 radical (unpaired) electrons. The number of nitrogens with one attached hydrogen (secondary N) is 2. The molecule has 0 bridgehead atoms. The molecule has 1 saturated carbocycles. The minimum Gasteiger partial charge on any atom is -0.480 e. The van der Waals surface area contributed by atoms with Crippen LogP contribution in [0.2, 0.25) is 0 Å². The van der Waals surface area contributed by atoms with Crippen molar-refractivity contribution in [3.63, 3.8) is 0 Å². The van der Waals surface area contributed by atoms with E-state index in [0.29, 0.717) is 6.42 Å². The van der Waals surface area contributed by atoms with E-state index < -0.39 is 12.0 Å². The summed E-state index contributed by atoms with van der Waals surface area (Å²) in [6.45, 7) is 2.04. The number of carbonyl (C=O) groups excluding carboxylic acids is 1. The molecule has 1 aliphatic rings. The fourth-order valence-electron chi connectivity index (χ4n) is 1.96. The molecule has 1 rings (SSSR count). The normalized spacial score (nSPS) is 17.6. The summed E-state index contributed by atoms with van der Waals surface area (Å²) in [7, 11) is 0. The molecule has 1 aliphatic carbocycles. The second kappa shape index (κ2) is 8.30. The third kappa shape index (κ3) is 6.71. The van der Waals surface area contributed by atoms with Gasteiger partial charge >= 0.3 is 12.0 Å². The fourth-order valence-corrected chi connectivity index (χ4v) is 2.43. The number of carboxylic acid groups (broad SMARTS) is 1. The van der Waals surface area contributed by atoms with Crippen molar-refractivity contribution >= 4 is 23.8 Å². The first-order valence-electron chi connectivity index (χ1n) is 6.85. The van der Waals surface area contributed by atoms with Crippen molar-refractivity contribution in [3.05, 3.63) is 0 Å². The first-order chi connectivity index (χ1) is 9.06. The molecule has 0 aromatic heterocycles. The SMILES string of the molecule is CCC(CC1CC1)NC(=O)NC(CCSC)C(=O)O. The Morgan fingerprint density at radius 1 is 1.37 bits per heavy atom. The van der Waals surface area contributed by atoms with Crippen LogP contribution in [0.25, 0.3) is 0 Å². The number of urea groups is 1. The molecule has 0 aromatic rings. The third-order valence-corrected chi connectivity index (χ3v) is 4.00. The van der Waals surface area contributed by atoms with Gasteiger partial charge in [0.15, 0.2) is 0 Å². The Kier molecular flexibility index (Phi) is 7.05. The van der Waals surface area contributed by atoms with Gasteiger partial charge in [0, 0.05) is 6.04 Å². The molecule has 110 valence electrons. The van der Waals surface area contributed by atoms with Gasteiger partial charge in [0.05, 0.1) is 0 Å². The van der Waals surface area contributed by atoms with E-state index in [1.54, 1.807) is 11.8 Å². The standard InChI is InChI=1S/C13H24N2O3S/c1-3-10(8-9-4-5-9)14-13(18)15-11(12(16)17)6-7-19-2/h9-11H,3-8H2,1-2H3,(H,16,17)(H2,14,15,18). The highest BCUT2D eigenvalue weighted by Gasteiger charge is 2.26. The van der Waals surface area contributed by atoms with Gasteiger partial charge in [0.2, 0.25) is 0 Å². The van der Waals surface area contributed by atoms with Crippen molar-refractivity contribution in [2.45, 2.75) is 51.1 Å². The Labute approximate surface area is 118 Å². The number of amides is 2. The third-order valence-electron chi connectivity index (χ3n) is 3.36. The maximum absolute atomic E-state index is 11.8. The monoisotopic (exact) mass is 288 g/mol. The number of hydrogen-bond donors (Lipinski definition) is 3. The molecule has 2 atom stereocenters. The Morgan fingerprint density at radius 3 is 2.53 bits per heavy atom. The largest absolute Gasteiger partial charge is 0.480 e. The molecular weight excluding hydrogens is 264 g/mol. The van der Waals surface area contributed by atoms with Crippen LogP contribution in [0.15, 0.2) is 0 Å². The summed E-state index contributed by atoms with van der Waals surface area (Å²) in [6, 6.07) is -1.01. The van der Waals surface area contributed by atoms with Gasteiger partial charge in [-0.3, -0.25) is 0 Å². The van der Waals surface area contributed by atoms with E-state index in [0.717, 1.165) is 24.5 Å². The van der Waals surface area contributed by atoms with Crippen molar-refractivity contribution in [2.24, 2.45) is 5.92 Å². The van der Waals surface area contributed by atoms with E-state index in [4.69, 9.17) is 5.11 Å². The highest BCUT2D eigenvalue weighted by Crippen LogP contribution is 2.33. The molecule has 3 N–H and O–H groups in total. The number of carbonyl (C=O) groups is 2. The fraction of sp³-hybridized carbons (Fsp3) is 0.846. The second-order valence-electron chi connectivity index (χ2n) is 5.07. The molecule has 1 fully saturated rings. The lowest BCUT2D eigenvalue weighted by Crippen LogP contribution is -2.49. The highest BCUT2D eigenvalue weighted by atomic mass is 32.2. The van der Waals surface area contributed by atoms with Crippen LogP contribution < -0.4 is 10.6 Å². The van der Waals surface area contributed by atoms with E-state index in [1.807, 2.05) is 13.2 Å². The molecule has 0 aromatic carbocycles. The maximum atomic E-state index is 11.8. The lowest BCUT2D eigenvalue weighted by Gasteiger charge is -2.20. The minimum atomic E-state index is -0.973. The van der Waals surface area contributed by atoms with Gasteiger partial charge in [0.25, 0.3) is 0 Å². The van der Waals surface area contributed by atoms with Gasteiger partial charge in [-0.1, -0.05) is 19.8 Å². The highest BCUT2D eigenvalue weighted by molar-refractivity contribution is 7.98. The van der Waals surface area contributed by atoms with Crippen molar-refractivity contribution in [1.82, 2.24) is 10.6 Å². The van der Waals surface area contributed by atoms with Crippen LogP contribution in [0.1, 0.15) is 39.0 Å². The summed E-state index contributed by atoms with van der Waals surface area (Å²) in [4.78, 5) is 22.8. The van der Waals surface area contributed by atoms with Crippen molar-refractivity contribution in [3.8, 4) is 0 Å². The Morgan fingerprint density at radius 2 is 2.05 bits per heavy atom. The van der Waals surface area contributed by atoms with Crippen LogP contribution in [0, 0.1) is 5.92 Å². The van der Waals surface area contributed by atoms with E-state index in [1.165, 1.54) is 12.8 Å². The smallest absolute Gasteiger partial charge is 0.326 e. The van der Waals surface area contributed by atoms with Crippen molar-refractivity contribution < 1.29 is 14.7 Å². The molecule has 0 heterocycles. The topological polar surface area (TPSA) is 78.4 Å². The van der Waals surface area contributed by atoms with Crippen LogP contribution in [0.4, 0.5) is 4.79 Å². The Bertz CT molecular complexity index is 308. The number of thioether (sulfide) groups is 1. The van der Waals surface area contributed by atoms with Crippen molar-refractivity contribution in [1.29, 1.82) is 0 Å². The molecule has 6 heteroatoms. The Hall–Kier alpha value is -0.910. The molecule has 5 nitrogen and oxygen atoms in total. The molecule has 0 spiro atoms. The summed E-state index contributed by atoms with van der Waals surface area (Å²) in [5.74, 6) is 0.493. The molecule has 2 amide bonds. The molecular formula is C13H24N2O3S. The average Bonchev–Trinajstić information content (AvgIpc) is 3.17. The molecule has 0 aliphatic heterocycles. The average molecular weight is 288 g/mol. The zero-order valence-electron chi connectivity index (χ0n) is 11.6. The number of aliphatic carboxylic acids is 1. The van der Waals surface area contributed by atoms with Gasteiger partial charge in [-0.25, -0.2) is 9.59 Å². The van der Waals surface area contributed by atoms with Crippen LogP contribution in [-0.2, 0) is 4.79 Å². The first-order valence-corrected chi connectivity index (χ1v) is 8.25. The van der Waals surface area contributed by atoms with Gasteiger partial charge in [-0.2, -0.15) is 11.8 Å². The zero-order chi connectivity index (χ0) is 14.3. The van der Waals surface area contributed by atoms with Gasteiger partial charge in [0.1, 0.15) is 6.04 Å². The summed E-state index contributed by atoms with van der Waals surface area (Å²) in [6.07, 6.45) is 6.76. The molecule has 0 saturated heterocycles. The summed E-state index contributed by atoms with van der Waals surface area (Å²) in [5.41, 5.74) is 0. The minimum absolute atomic E-state index is 0.155. The van der Waals surface area contributed by atoms with Crippen LogP contribution in [-0.4, -0.2) is 41.2 Å². The quantitative estimate of drug-likeness (QED) is 0.607. The second-order valence-corrected chi connectivity index (χ2v) is 6.06. The number of hydrogen-bond acceptors (Lipinski definition) is 3. The van der Waals surface area contributed by atoms with E-state index in [9.17, 15) is 9.59 Å². The predicted octanol–water partition coefficient (Wildman–Crippen LogP) is 2.07. The van der Waals surface area contributed by atoms with Crippen LogP contribution in [0.5, 0.6) is 0 Å². The lowest BCUT2D eigenvalue weighted by molar-refractivity contribution is -0.139. The van der Waals surface area contributed by atoms with E-state index in [-0.39, 0.29) is 12.1 Å². The van der Waals surface area contributed by atoms with Gasteiger partial charge < -0.3 is 15.7 Å². The summed E-state index contributed by atoms with van der Waals surface area (Å²) >= 11 is 1.57. The lowest BCUT2D eigenvalue weighted by atomic mass is 10.1.